The molecule has 0 atom stereocenters. The highest BCUT2D eigenvalue weighted by Gasteiger charge is 2.17. The topological polar surface area (TPSA) is 17.1 Å². The minimum absolute atomic E-state index is 0.377. The van der Waals surface area contributed by atoms with Crippen molar-refractivity contribution in [2.24, 2.45) is 0 Å². The van der Waals surface area contributed by atoms with Gasteiger partial charge in [-0.15, -0.1) is 0 Å². The van der Waals surface area contributed by atoms with Crippen LogP contribution in [0, 0.1) is 0 Å². The third kappa shape index (κ3) is 6.29. The van der Waals surface area contributed by atoms with Crippen LogP contribution in [0.2, 0.25) is 0 Å². The molecule has 0 aromatic heterocycles. The lowest BCUT2D eigenvalue weighted by Crippen LogP contribution is -2.07. The molecule has 1 nitrogen and oxygen atoms in total. The number of fused-ring (bicyclic) bond motifs is 3. The summed E-state index contributed by atoms with van der Waals surface area (Å²) in [5.74, 6) is 0.377. The van der Waals surface area contributed by atoms with Crippen molar-refractivity contribution in [1.82, 2.24) is 0 Å². The van der Waals surface area contributed by atoms with Crippen LogP contribution in [-0.4, -0.2) is 5.78 Å². The number of aryl methyl sites for hydroxylation is 3. The SMILES string of the molecule is CCCCCCCCc1ccc2c(c1)CCc1cc(CC(=O)CCCC)ccc1-2. The normalized spacial score (nSPS) is 12.5. The monoisotopic (exact) mass is 390 g/mol. The van der Waals surface area contributed by atoms with E-state index in [1.165, 1.54) is 78.3 Å². The van der Waals surface area contributed by atoms with Crippen molar-refractivity contribution < 1.29 is 4.79 Å². The predicted octanol–water partition coefficient (Wildman–Crippen LogP) is 7.66. The first kappa shape index (κ1) is 21.8. The second-order valence-electron chi connectivity index (χ2n) is 8.82. The molecular weight excluding hydrogens is 352 g/mol. The zero-order valence-corrected chi connectivity index (χ0v) is 18.6. The molecule has 156 valence electrons. The van der Waals surface area contributed by atoms with Gasteiger partial charge in [0, 0.05) is 12.8 Å². The summed E-state index contributed by atoms with van der Waals surface area (Å²) >= 11 is 0. The van der Waals surface area contributed by atoms with Gasteiger partial charge in [-0.05, 0) is 65.5 Å². The van der Waals surface area contributed by atoms with Gasteiger partial charge in [0.1, 0.15) is 5.78 Å². The first-order chi connectivity index (χ1) is 14.2. The van der Waals surface area contributed by atoms with Crippen molar-refractivity contribution in [1.29, 1.82) is 0 Å². The van der Waals surface area contributed by atoms with E-state index in [0.717, 1.165) is 32.1 Å². The summed E-state index contributed by atoms with van der Waals surface area (Å²) in [6.45, 7) is 4.42. The van der Waals surface area contributed by atoms with Crippen LogP contribution < -0.4 is 0 Å². The van der Waals surface area contributed by atoms with Gasteiger partial charge >= 0.3 is 0 Å². The number of Topliss-reactive ketones (excluding diaryl/α,β-unsaturated/α-hetero) is 1. The number of unbranched alkanes of at least 4 members (excludes halogenated alkanes) is 6. The molecule has 29 heavy (non-hydrogen) atoms. The summed E-state index contributed by atoms with van der Waals surface area (Å²) in [5.41, 5.74) is 8.40. The van der Waals surface area contributed by atoms with Gasteiger partial charge in [0.05, 0.1) is 0 Å². The Morgan fingerprint density at radius 1 is 0.724 bits per heavy atom. The third-order valence-corrected chi connectivity index (χ3v) is 6.32. The Kier molecular flexibility index (Phi) is 8.52. The van der Waals surface area contributed by atoms with E-state index in [0.29, 0.717) is 12.2 Å². The van der Waals surface area contributed by atoms with Gasteiger partial charge in [0.2, 0.25) is 0 Å². The van der Waals surface area contributed by atoms with Crippen LogP contribution in [-0.2, 0) is 30.5 Å². The first-order valence-electron chi connectivity index (χ1n) is 12.0. The average molecular weight is 391 g/mol. The summed E-state index contributed by atoms with van der Waals surface area (Å²) in [6.07, 6.45) is 15.0. The largest absolute Gasteiger partial charge is 0.299 e. The molecule has 1 heteroatoms. The minimum Gasteiger partial charge on any atom is -0.299 e. The Balaban J connectivity index is 1.61. The van der Waals surface area contributed by atoms with Crippen molar-refractivity contribution in [3.63, 3.8) is 0 Å². The van der Waals surface area contributed by atoms with E-state index in [-0.39, 0.29) is 0 Å². The Morgan fingerprint density at radius 3 is 2.00 bits per heavy atom. The van der Waals surface area contributed by atoms with Gasteiger partial charge in [-0.3, -0.25) is 4.79 Å². The maximum absolute atomic E-state index is 12.1. The molecule has 0 bridgehead atoms. The zero-order valence-electron chi connectivity index (χ0n) is 18.6. The van der Waals surface area contributed by atoms with Crippen LogP contribution in [0.1, 0.15) is 93.9 Å². The molecule has 3 rings (SSSR count). The third-order valence-electron chi connectivity index (χ3n) is 6.32. The summed E-state index contributed by atoms with van der Waals surface area (Å²) in [4.78, 5) is 12.1. The smallest absolute Gasteiger partial charge is 0.137 e. The van der Waals surface area contributed by atoms with Crippen molar-refractivity contribution >= 4 is 5.78 Å². The number of carbonyl (C=O) groups is 1. The molecule has 0 radical (unpaired) electrons. The van der Waals surface area contributed by atoms with E-state index >= 15 is 0 Å². The maximum atomic E-state index is 12.1. The van der Waals surface area contributed by atoms with Gasteiger partial charge in [-0.25, -0.2) is 0 Å². The van der Waals surface area contributed by atoms with Gasteiger partial charge in [-0.1, -0.05) is 88.8 Å². The molecule has 1 aliphatic rings. The predicted molar refractivity (Wildman–Crippen MR) is 125 cm³/mol. The van der Waals surface area contributed by atoms with Gasteiger partial charge in [0.25, 0.3) is 0 Å². The van der Waals surface area contributed by atoms with Crippen LogP contribution in [0.25, 0.3) is 11.1 Å². The average Bonchev–Trinajstić information content (AvgIpc) is 2.74. The molecule has 0 fully saturated rings. The molecule has 0 saturated heterocycles. The van der Waals surface area contributed by atoms with Crippen molar-refractivity contribution in [3.8, 4) is 11.1 Å². The lowest BCUT2D eigenvalue weighted by Gasteiger charge is -2.21. The molecule has 0 spiro atoms. The Morgan fingerprint density at radius 2 is 1.31 bits per heavy atom. The zero-order chi connectivity index (χ0) is 20.5. The van der Waals surface area contributed by atoms with Crippen molar-refractivity contribution in [2.75, 3.05) is 0 Å². The molecule has 0 unspecified atom stereocenters. The molecule has 0 amide bonds. The van der Waals surface area contributed by atoms with E-state index in [1.54, 1.807) is 0 Å². The number of hydrogen-bond acceptors (Lipinski definition) is 1. The fourth-order valence-electron chi connectivity index (χ4n) is 4.57. The number of rotatable bonds is 12. The van der Waals surface area contributed by atoms with Crippen LogP contribution in [0.15, 0.2) is 36.4 Å². The highest BCUT2D eigenvalue weighted by atomic mass is 16.1. The van der Waals surface area contributed by atoms with E-state index in [4.69, 9.17) is 0 Å². The van der Waals surface area contributed by atoms with E-state index in [9.17, 15) is 4.79 Å². The Bertz CT molecular complexity index is 802. The first-order valence-corrected chi connectivity index (χ1v) is 12.0. The van der Waals surface area contributed by atoms with E-state index < -0.39 is 0 Å². The second kappa shape index (κ2) is 11.3. The second-order valence-corrected chi connectivity index (χ2v) is 8.82. The summed E-state index contributed by atoms with van der Waals surface area (Å²) in [6, 6.07) is 13.8. The summed E-state index contributed by atoms with van der Waals surface area (Å²) < 4.78 is 0. The van der Waals surface area contributed by atoms with E-state index in [1.807, 2.05) is 0 Å². The molecule has 0 heterocycles. The number of benzene rings is 2. The summed E-state index contributed by atoms with van der Waals surface area (Å²) in [7, 11) is 0. The number of carbonyl (C=O) groups excluding carboxylic acids is 1. The fourth-order valence-corrected chi connectivity index (χ4v) is 4.57. The van der Waals surface area contributed by atoms with Gasteiger partial charge in [-0.2, -0.15) is 0 Å². The molecular formula is C28H38O. The molecule has 0 N–H and O–H groups in total. The quantitative estimate of drug-likeness (QED) is 0.340. The highest BCUT2D eigenvalue weighted by Crippen LogP contribution is 2.35. The molecule has 1 aliphatic carbocycles. The Labute approximate surface area is 177 Å². The van der Waals surface area contributed by atoms with Crippen LogP contribution in [0.4, 0.5) is 0 Å². The Hall–Kier alpha value is -1.89. The van der Waals surface area contributed by atoms with Crippen LogP contribution >= 0.6 is 0 Å². The van der Waals surface area contributed by atoms with Crippen molar-refractivity contribution in [3.05, 3.63) is 58.7 Å². The molecule has 0 saturated carbocycles. The molecule has 2 aromatic rings. The van der Waals surface area contributed by atoms with Gasteiger partial charge in [0.15, 0.2) is 0 Å². The molecule has 2 aromatic carbocycles. The fraction of sp³-hybridized carbons (Fsp3) is 0.536. The maximum Gasteiger partial charge on any atom is 0.137 e. The minimum atomic E-state index is 0.377. The standard InChI is InChI=1S/C28H38O/c1-3-5-7-8-9-10-11-22-13-17-27-24(19-22)15-16-25-20-23(14-18-28(25)27)21-26(29)12-6-4-2/h13-14,17-20H,3-12,15-16,21H2,1-2H3. The van der Waals surface area contributed by atoms with E-state index in [2.05, 4.69) is 50.2 Å². The summed E-state index contributed by atoms with van der Waals surface area (Å²) in [5, 5.41) is 0. The number of ketones is 1. The van der Waals surface area contributed by atoms with Gasteiger partial charge < -0.3 is 0 Å². The van der Waals surface area contributed by atoms with Crippen LogP contribution in [0.3, 0.4) is 0 Å². The number of hydrogen-bond donors (Lipinski definition) is 0. The van der Waals surface area contributed by atoms with Crippen molar-refractivity contribution in [2.45, 2.75) is 97.3 Å². The highest BCUT2D eigenvalue weighted by molar-refractivity contribution is 5.81. The van der Waals surface area contributed by atoms with Crippen LogP contribution in [0.5, 0.6) is 0 Å². The lowest BCUT2D eigenvalue weighted by atomic mass is 9.83. The molecule has 0 aliphatic heterocycles. The lowest BCUT2D eigenvalue weighted by molar-refractivity contribution is -0.118.